The van der Waals surface area contributed by atoms with E-state index in [-0.39, 0.29) is 16.4 Å². The topological polar surface area (TPSA) is 66.5 Å². The molecular formula is C19H20ClFN2O3S. The monoisotopic (exact) mass is 410 g/mol. The molecule has 1 aliphatic heterocycles. The zero-order valence-corrected chi connectivity index (χ0v) is 16.4. The average molecular weight is 411 g/mol. The van der Waals surface area contributed by atoms with Crippen LogP contribution in [0.2, 0.25) is 5.02 Å². The summed E-state index contributed by atoms with van der Waals surface area (Å²) in [5, 5.41) is 0.405. The third kappa shape index (κ3) is 4.25. The predicted octanol–water partition coefficient (Wildman–Crippen LogP) is 4.02. The van der Waals surface area contributed by atoms with Crippen molar-refractivity contribution < 1.29 is 17.6 Å². The molecule has 0 aliphatic carbocycles. The minimum absolute atomic E-state index is 0.00400. The van der Waals surface area contributed by atoms with Crippen molar-refractivity contribution in [1.29, 1.82) is 0 Å². The van der Waals surface area contributed by atoms with Gasteiger partial charge in [-0.2, -0.15) is 0 Å². The lowest BCUT2D eigenvalue weighted by molar-refractivity contribution is 0.0716. The summed E-state index contributed by atoms with van der Waals surface area (Å²) < 4.78 is 41.2. The van der Waals surface area contributed by atoms with Gasteiger partial charge in [-0.3, -0.25) is 9.52 Å². The molecule has 1 saturated heterocycles. The molecule has 27 heavy (non-hydrogen) atoms. The van der Waals surface area contributed by atoms with E-state index >= 15 is 0 Å². The summed E-state index contributed by atoms with van der Waals surface area (Å²) >= 11 is 5.90. The van der Waals surface area contributed by atoms with Crippen molar-refractivity contribution in [2.75, 3.05) is 17.9 Å². The van der Waals surface area contributed by atoms with E-state index < -0.39 is 22.7 Å². The van der Waals surface area contributed by atoms with E-state index in [0.717, 1.165) is 6.42 Å². The number of rotatable bonds is 5. The Morgan fingerprint density at radius 3 is 2.78 bits per heavy atom. The molecular weight excluding hydrogens is 391 g/mol. The number of aryl methyl sites for hydroxylation is 1. The van der Waals surface area contributed by atoms with E-state index in [1.165, 1.54) is 17.0 Å². The zero-order chi connectivity index (χ0) is 19.6. The molecule has 2 aromatic rings. The van der Waals surface area contributed by atoms with Gasteiger partial charge in [0.2, 0.25) is 0 Å². The minimum atomic E-state index is -3.91. The van der Waals surface area contributed by atoms with Crippen LogP contribution in [0.3, 0.4) is 0 Å². The van der Waals surface area contributed by atoms with E-state index in [4.69, 9.17) is 11.6 Å². The lowest BCUT2D eigenvalue weighted by Gasteiger charge is -2.23. The van der Waals surface area contributed by atoms with E-state index in [0.29, 0.717) is 29.2 Å². The molecule has 144 valence electrons. The number of carbonyl (C=O) groups is 1. The summed E-state index contributed by atoms with van der Waals surface area (Å²) in [5.41, 5.74) is 1.06. The molecule has 0 unspecified atom stereocenters. The Morgan fingerprint density at radius 2 is 2.07 bits per heavy atom. The molecule has 1 atom stereocenters. The smallest absolute Gasteiger partial charge is 0.262 e. The van der Waals surface area contributed by atoms with Gasteiger partial charge in [0, 0.05) is 17.1 Å². The van der Waals surface area contributed by atoms with Crippen LogP contribution in [0.4, 0.5) is 10.1 Å². The third-order valence-electron chi connectivity index (χ3n) is 4.62. The van der Waals surface area contributed by atoms with Gasteiger partial charge in [0.05, 0.1) is 16.6 Å². The van der Waals surface area contributed by atoms with Crippen molar-refractivity contribution in [2.45, 2.75) is 30.7 Å². The molecule has 1 heterocycles. The fraction of sp³-hybridized carbons (Fsp3) is 0.316. The number of carbonyl (C=O) groups excluding carboxylic acids is 1. The van der Waals surface area contributed by atoms with Crippen LogP contribution in [0.1, 0.15) is 28.8 Å². The van der Waals surface area contributed by atoms with Crippen LogP contribution in [0, 0.1) is 6.92 Å². The number of hydrogen-bond acceptors (Lipinski definition) is 3. The first-order chi connectivity index (χ1) is 12.8. The number of likely N-dealkylation sites (tertiary alicyclic amines) is 1. The number of hydrogen-bond donors (Lipinski definition) is 1. The van der Waals surface area contributed by atoms with Crippen LogP contribution in [0.15, 0.2) is 47.4 Å². The summed E-state index contributed by atoms with van der Waals surface area (Å²) in [4.78, 5) is 14.2. The van der Waals surface area contributed by atoms with Crippen molar-refractivity contribution in [3.8, 4) is 0 Å². The van der Waals surface area contributed by atoms with Gasteiger partial charge in [0.1, 0.15) is 6.67 Å². The number of sulfonamides is 1. The number of halogens is 2. The number of anilines is 1. The van der Waals surface area contributed by atoms with Crippen molar-refractivity contribution in [1.82, 2.24) is 4.90 Å². The molecule has 8 heteroatoms. The summed E-state index contributed by atoms with van der Waals surface area (Å²) in [6, 6.07) is 10.4. The average Bonchev–Trinajstić information content (AvgIpc) is 3.09. The number of nitrogens with one attached hydrogen (secondary N) is 1. The number of alkyl halides is 1. The van der Waals surface area contributed by atoms with Gasteiger partial charge in [-0.15, -0.1) is 0 Å². The van der Waals surface area contributed by atoms with Gasteiger partial charge < -0.3 is 4.90 Å². The first-order valence-corrected chi connectivity index (χ1v) is 10.4. The fourth-order valence-electron chi connectivity index (χ4n) is 3.21. The van der Waals surface area contributed by atoms with Gasteiger partial charge in [-0.1, -0.05) is 23.7 Å². The molecule has 1 aliphatic rings. The van der Waals surface area contributed by atoms with Crippen LogP contribution in [-0.2, 0) is 10.0 Å². The molecule has 0 bridgehead atoms. The van der Waals surface area contributed by atoms with Gasteiger partial charge >= 0.3 is 0 Å². The van der Waals surface area contributed by atoms with Gasteiger partial charge in [-0.25, -0.2) is 12.8 Å². The van der Waals surface area contributed by atoms with Crippen molar-refractivity contribution in [2.24, 2.45) is 0 Å². The normalized spacial score (nSPS) is 17.1. The molecule has 1 N–H and O–H groups in total. The largest absolute Gasteiger partial charge is 0.333 e. The Bertz CT molecular complexity index is 965. The third-order valence-corrected chi connectivity index (χ3v) is 6.38. The molecule has 1 amide bonds. The SMILES string of the molecule is Cc1ccc(C(=O)N2CCC[C@@H]2CF)cc1S(=O)(=O)Nc1cccc(Cl)c1. The predicted molar refractivity (Wildman–Crippen MR) is 103 cm³/mol. The van der Waals surface area contributed by atoms with Crippen molar-refractivity contribution in [3.63, 3.8) is 0 Å². The van der Waals surface area contributed by atoms with E-state index in [1.807, 2.05) is 0 Å². The first-order valence-electron chi connectivity index (χ1n) is 8.58. The second kappa shape index (κ2) is 7.86. The Hall–Kier alpha value is -2.12. The molecule has 3 rings (SSSR count). The Morgan fingerprint density at radius 1 is 1.30 bits per heavy atom. The van der Waals surface area contributed by atoms with Crippen LogP contribution >= 0.6 is 11.6 Å². The maximum Gasteiger partial charge on any atom is 0.262 e. The zero-order valence-electron chi connectivity index (χ0n) is 14.8. The number of nitrogens with zero attached hydrogens (tertiary/aromatic N) is 1. The molecule has 1 fully saturated rings. The Balaban J connectivity index is 1.92. The van der Waals surface area contributed by atoms with E-state index in [9.17, 15) is 17.6 Å². The van der Waals surface area contributed by atoms with Gasteiger partial charge in [-0.05, 0) is 55.7 Å². The van der Waals surface area contributed by atoms with Gasteiger partial charge in [0.15, 0.2) is 0 Å². The molecule has 2 aromatic carbocycles. The molecule has 0 radical (unpaired) electrons. The Labute approximate surface area is 163 Å². The lowest BCUT2D eigenvalue weighted by atomic mass is 10.1. The lowest BCUT2D eigenvalue weighted by Crippen LogP contribution is -2.36. The van der Waals surface area contributed by atoms with Crippen LogP contribution in [0.25, 0.3) is 0 Å². The fourth-order valence-corrected chi connectivity index (χ4v) is 4.73. The molecule has 0 spiro atoms. The number of amides is 1. The highest BCUT2D eigenvalue weighted by molar-refractivity contribution is 7.92. The number of benzene rings is 2. The molecule has 0 saturated carbocycles. The maximum atomic E-state index is 13.1. The van der Waals surface area contributed by atoms with E-state index in [1.54, 1.807) is 37.3 Å². The molecule has 5 nitrogen and oxygen atoms in total. The van der Waals surface area contributed by atoms with E-state index in [2.05, 4.69) is 4.72 Å². The van der Waals surface area contributed by atoms with Crippen molar-refractivity contribution >= 4 is 33.2 Å². The standard InChI is InChI=1S/C19H20ClFN2O3S/c1-13-7-8-14(19(24)23-9-3-6-17(23)12-21)10-18(13)27(25,26)22-16-5-2-4-15(20)11-16/h2,4-5,7-8,10-11,17,22H,3,6,9,12H2,1H3/t17-/m1/s1. The quantitative estimate of drug-likeness (QED) is 0.809. The highest BCUT2D eigenvalue weighted by atomic mass is 35.5. The minimum Gasteiger partial charge on any atom is -0.333 e. The summed E-state index contributed by atoms with van der Waals surface area (Å²) in [6.07, 6.45) is 1.36. The second-order valence-corrected chi connectivity index (χ2v) is 8.63. The maximum absolute atomic E-state index is 13.1. The highest BCUT2D eigenvalue weighted by Gasteiger charge is 2.30. The van der Waals surface area contributed by atoms with Crippen LogP contribution in [-0.4, -0.2) is 38.5 Å². The second-order valence-electron chi connectivity index (χ2n) is 6.55. The summed E-state index contributed by atoms with van der Waals surface area (Å²) in [5.74, 6) is -0.352. The van der Waals surface area contributed by atoms with Gasteiger partial charge in [0.25, 0.3) is 15.9 Å². The van der Waals surface area contributed by atoms with Crippen LogP contribution in [0.5, 0.6) is 0 Å². The van der Waals surface area contributed by atoms with Crippen molar-refractivity contribution in [3.05, 3.63) is 58.6 Å². The molecule has 0 aromatic heterocycles. The van der Waals surface area contributed by atoms with Crippen LogP contribution < -0.4 is 4.72 Å². The Kier molecular flexibility index (Phi) is 5.72. The first kappa shape index (κ1) is 19.6. The highest BCUT2D eigenvalue weighted by Crippen LogP contribution is 2.25. The summed E-state index contributed by atoms with van der Waals surface area (Å²) in [7, 11) is -3.91. The summed E-state index contributed by atoms with van der Waals surface area (Å²) in [6.45, 7) is 1.53.